The lowest BCUT2D eigenvalue weighted by molar-refractivity contribution is 0.156. The SMILES string of the molecule is CC1CCN(CCOc2nc(N)c3c(n2)CN(c2cc(O)cc4ccccc24)CC3)CC1. The number of ether oxygens (including phenoxy) is 1. The second kappa shape index (κ2) is 8.82. The van der Waals surface area contributed by atoms with Gasteiger partial charge < -0.3 is 20.5 Å². The number of nitrogens with zero attached hydrogens (tertiary/aromatic N) is 4. The molecule has 0 bridgehead atoms. The fourth-order valence-corrected chi connectivity index (χ4v) is 4.79. The zero-order valence-electron chi connectivity index (χ0n) is 18.6. The van der Waals surface area contributed by atoms with Crippen LogP contribution in [0.1, 0.15) is 31.0 Å². The van der Waals surface area contributed by atoms with Gasteiger partial charge in [0.1, 0.15) is 18.2 Å². The Labute approximate surface area is 188 Å². The number of piperidine rings is 1. The smallest absolute Gasteiger partial charge is 0.318 e. The van der Waals surface area contributed by atoms with E-state index >= 15 is 0 Å². The first kappa shape index (κ1) is 20.8. The molecule has 0 radical (unpaired) electrons. The highest BCUT2D eigenvalue weighted by Crippen LogP contribution is 2.35. The van der Waals surface area contributed by atoms with Crippen molar-refractivity contribution >= 4 is 22.3 Å². The average molecular weight is 434 g/mol. The largest absolute Gasteiger partial charge is 0.508 e. The number of hydrogen-bond donors (Lipinski definition) is 2. The summed E-state index contributed by atoms with van der Waals surface area (Å²) >= 11 is 0. The summed E-state index contributed by atoms with van der Waals surface area (Å²) in [6, 6.07) is 12.1. The van der Waals surface area contributed by atoms with E-state index in [1.165, 1.54) is 12.8 Å². The first-order valence-corrected chi connectivity index (χ1v) is 11.5. The van der Waals surface area contributed by atoms with E-state index in [1.807, 2.05) is 24.3 Å². The van der Waals surface area contributed by atoms with Gasteiger partial charge in [0.15, 0.2) is 0 Å². The van der Waals surface area contributed by atoms with Crippen LogP contribution in [0.25, 0.3) is 10.8 Å². The number of hydrogen-bond acceptors (Lipinski definition) is 7. The minimum absolute atomic E-state index is 0.267. The molecule has 32 heavy (non-hydrogen) atoms. The normalized spacial score (nSPS) is 17.5. The Morgan fingerprint density at radius 3 is 2.78 bits per heavy atom. The van der Waals surface area contributed by atoms with E-state index in [2.05, 4.69) is 27.8 Å². The molecule has 0 atom stereocenters. The number of phenols is 1. The maximum Gasteiger partial charge on any atom is 0.318 e. The Morgan fingerprint density at radius 1 is 1.12 bits per heavy atom. The maximum atomic E-state index is 10.2. The van der Waals surface area contributed by atoms with Crippen LogP contribution in [0.15, 0.2) is 36.4 Å². The van der Waals surface area contributed by atoms with Crippen LogP contribution in [-0.2, 0) is 13.0 Å². The monoisotopic (exact) mass is 433 g/mol. The number of likely N-dealkylation sites (tertiary alicyclic amines) is 1. The Balaban J connectivity index is 1.31. The molecule has 7 nitrogen and oxygen atoms in total. The summed E-state index contributed by atoms with van der Waals surface area (Å²) in [5.74, 6) is 1.60. The molecule has 3 heterocycles. The highest BCUT2D eigenvalue weighted by molar-refractivity contribution is 5.95. The fourth-order valence-electron chi connectivity index (χ4n) is 4.79. The Bertz CT molecular complexity index is 1110. The highest BCUT2D eigenvalue weighted by Gasteiger charge is 2.24. The minimum Gasteiger partial charge on any atom is -0.508 e. The molecule has 2 aliphatic rings. The first-order valence-electron chi connectivity index (χ1n) is 11.5. The van der Waals surface area contributed by atoms with Crippen molar-refractivity contribution in [3.63, 3.8) is 0 Å². The van der Waals surface area contributed by atoms with Gasteiger partial charge in [0.25, 0.3) is 0 Å². The van der Waals surface area contributed by atoms with Crippen molar-refractivity contribution in [3.05, 3.63) is 47.7 Å². The van der Waals surface area contributed by atoms with Crippen molar-refractivity contribution in [1.29, 1.82) is 0 Å². The molecule has 7 heteroatoms. The minimum atomic E-state index is 0.267. The van der Waals surface area contributed by atoms with Gasteiger partial charge in [0.2, 0.25) is 0 Å². The zero-order chi connectivity index (χ0) is 22.1. The Morgan fingerprint density at radius 2 is 1.94 bits per heavy atom. The molecule has 2 aromatic carbocycles. The van der Waals surface area contributed by atoms with Gasteiger partial charge in [-0.15, -0.1) is 0 Å². The molecule has 3 N–H and O–H groups in total. The molecule has 0 amide bonds. The third kappa shape index (κ3) is 4.30. The molecule has 0 saturated carbocycles. The second-order valence-electron chi connectivity index (χ2n) is 9.05. The molecule has 0 spiro atoms. The molecule has 0 aliphatic carbocycles. The first-order chi connectivity index (χ1) is 15.6. The van der Waals surface area contributed by atoms with Crippen LogP contribution in [0.3, 0.4) is 0 Å². The van der Waals surface area contributed by atoms with Crippen LogP contribution in [0.5, 0.6) is 11.8 Å². The van der Waals surface area contributed by atoms with Gasteiger partial charge in [0.05, 0.1) is 12.2 Å². The van der Waals surface area contributed by atoms with E-state index in [-0.39, 0.29) is 5.75 Å². The molecule has 1 fully saturated rings. The predicted molar refractivity (Wildman–Crippen MR) is 127 cm³/mol. The van der Waals surface area contributed by atoms with Crippen molar-refractivity contribution in [2.45, 2.75) is 32.7 Å². The number of aromatic nitrogens is 2. The van der Waals surface area contributed by atoms with Gasteiger partial charge in [0, 0.05) is 35.8 Å². The summed E-state index contributed by atoms with van der Waals surface area (Å²) in [7, 11) is 0. The van der Waals surface area contributed by atoms with E-state index in [4.69, 9.17) is 15.5 Å². The maximum absolute atomic E-state index is 10.2. The van der Waals surface area contributed by atoms with Gasteiger partial charge in [-0.3, -0.25) is 4.90 Å². The summed E-state index contributed by atoms with van der Waals surface area (Å²) in [6.07, 6.45) is 3.26. The molecule has 5 rings (SSSR count). The van der Waals surface area contributed by atoms with E-state index < -0.39 is 0 Å². The van der Waals surface area contributed by atoms with Gasteiger partial charge in [-0.25, -0.2) is 0 Å². The number of nitrogen functional groups attached to an aromatic ring is 1. The second-order valence-corrected chi connectivity index (χ2v) is 9.05. The molecule has 2 aliphatic heterocycles. The summed E-state index contributed by atoms with van der Waals surface area (Å²) < 4.78 is 5.91. The third-order valence-corrected chi connectivity index (χ3v) is 6.76. The number of aromatic hydroxyl groups is 1. The van der Waals surface area contributed by atoms with E-state index in [0.29, 0.717) is 25.0 Å². The molecule has 3 aromatic rings. The molecular formula is C25H31N5O2. The van der Waals surface area contributed by atoms with Gasteiger partial charge in [-0.05, 0) is 49.7 Å². The lowest BCUT2D eigenvalue weighted by atomic mass is 9.99. The summed E-state index contributed by atoms with van der Waals surface area (Å²) in [5.41, 5.74) is 9.18. The zero-order valence-corrected chi connectivity index (χ0v) is 18.6. The molecule has 1 aromatic heterocycles. The van der Waals surface area contributed by atoms with Gasteiger partial charge in [-0.2, -0.15) is 9.97 Å². The van der Waals surface area contributed by atoms with Gasteiger partial charge >= 0.3 is 6.01 Å². The average Bonchev–Trinajstić information content (AvgIpc) is 2.79. The Kier molecular flexibility index (Phi) is 5.74. The van der Waals surface area contributed by atoms with Crippen molar-refractivity contribution in [2.75, 3.05) is 43.4 Å². The number of rotatable bonds is 5. The van der Waals surface area contributed by atoms with Crippen LogP contribution in [0, 0.1) is 5.92 Å². The number of benzene rings is 2. The summed E-state index contributed by atoms with van der Waals surface area (Å²) in [6.45, 7) is 7.43. The number of fused-ring (bicyclic) bond motifs is 2. The number of nitrogens with two attached hydrogens (primary N) is 1. The van der Waals surface area contributed by atoms with E-state index in [1.54, 1.807) is 6.07 Å². The summed E-state index contributed by atoms with van der Waals surface area (Å²) in [4.78, 5) is 13.8. The van der Waals surface area contributed by atoms with E-state index in [9.17, 15) is 5.11 Å². The lowest BCUT2D eigenvalue weighted by Crippen LogP contribution is -2.36. The van der Waals surface area contributed by atoms with Crippen molar-refractivity contribution in [1.82, 2.24) is 14.9 Å². The quantitative estimate of drug-likeness (QED) is 0.636. The van der Waals surface area contributed by atoms with Crippen LogP contribution in [0.4, 0.5) is 11.5 Å². The summed E-state index contributed by atoms with van der Waals surface area (Å²) in [5, 5.41) is 12.4. The molecule has 0 unspecified atom stereocenters. The van der Waals surface area contributed by atoms with Crippen molar-refractivity contribution in [2.24, 2.45) is 5.92 Å². The van der Waals surface area contributed by atoms with Crippen LogP contribution >= 0.6 is 0 Å². The van der Waals surface area contributed by atoms with Crippen molar-refractivity contribution < 1.29 is 9.84 Å². The fraction of sp³-hybridized carbons (Fsp3) is 0.440. The topological polar surface area (TPSA) is 87.7 Å². The van der Waals surface area contributed by atoms with Gasteiger partial charge in [-0.1, -0.05) is 31.2 Å². The van der Waals surface area contributed by atoms with Crippen molar-refractivity contribution in [3.8, 4) is 11.8 Å². The molecular weight excluding hydrogens is 402 g/mol. The number of anilines is 2. The highest BCUT2D eigenvalue weighted by atomic mass is 16.5. The van der Waals surface area contributed by atoms with Crippen LogP contribution < -0.4 is 15.4 Å². The third-order valence-electron chi connectivity index (χ3n) is 6.76. The van der Waals surface area contributed by atoms with E-state index in [0.717, 1.165) is 66.2 Å². The number of phenolic OH excluding ortho intramolecular Hbond substituents is 1. The van der Waals surface area contributed by atoms with Crippen LogP contribution in [-0.4, -0.2) is 52.8 Å². The van der Waals surface area contributed by atoms with Crippen LogP contribution in [0.2, 0.25) is 0 Å². The molecule has 168 valence electrons. The predicted octanol–water partition coefficient (Wildman–Crippen LogP) is 3.59. The molecule has 1 saturated heterocycles. The Hall–Kier alpha value is -3.06. The lowest BCUT2D eigenvalue weighted by Gasteiger charge is -2.31. The standard InChI is InChI=1S/C25H31N5O2/c1-17-6-9-29(10-7-17)12-13-32-25-27-22-16-30(11-8-21(22)24(26)28-25)23-15-19(31)14-18-4-2-3-5-20(18)23/h2-5,14-15,17,31H,6-13,16H2,1H3,(H2,26,27,28).